The molecule has 2 aromatic carbocycles. The smallest absolute Gasteiger partial charge is 0.417 e. The van der Waals surface area contributed by atoms with Gasteiger partial charge < -0.3 is 19.4 Å². The van der Waals surface area contributed by atoms with E-state index in [2.05, 4.69) is 10.3 Å². The molecule has 0 spiro atoms. The zero-order chi connectivity index (χ0) is 19.0. The highest BCUT2D eigenvalue weighted by molar-refractivity contribution is 6.03. The standard InChI is InChI=1S/C19H17N3O5/c1-26-14-5-3-13(4-6-14)22-10-11(8-17(22)23)18(24)20-12-2-7-16-15(9-12)21-19(25)27-16/h2-7,9,11H,8,10H2,1H3,(H,20,24)(H,21,25). The van der Waals surface area contributed by atoms with E-state index in [-0.39, 0.29) is 18.2 Å². The number of nitrogens with one attached hydrogen (secondary N) is 2. The Hall–Kier alpha value is -3.55. The number of rotatable bonds is 4. The van der Waals surface area contributed by atoms with Crippen LogP contribution in [0.4, 0.5) is 11.4 Å². The molecule has 0 aliphatic carbocycles. The summed E-state index contributed by atoms with van der Waals surface area (Å²) < 4.78 is 10.1. The number of carbonyl (C=O) groups excluding carboxylic acids is 2. The fourth-order valence-corrected chi connectivity index (χ4v) is 3.17. The zero-order valence-corrected chi connectivity index (χ0v) is 14.5. The molecule has 138 valence electrons. The zero-order valence-electron chi connectivity index (χ0n) is 14.5. The van der Waals surface area contributed by atoms with Gasteiger partial charge in [-0.3, -0.25) is 14.6 Å². The minimum atomic E-state index is -0.551. The summed E-state index contributed by atoms with van der Waals surface area (Å²) >= 11 is 0. The monoisotopic (exact) mass is 367 g/mol. The van der Waals surface area contributed by atoms with Crippen LogP contribution < -0.4 is 20.7 Å². The van der Waals surface area contributed by atoms with E-state index >= 15 is 0 Å². The Labute approximate surface area is 153 Å². The first-order chi connectivity index (χ1) is 13.0. The van der Waals surface area contributed by atoms with Gasteiger partial charge in [0.1, 0.15) is 5.75 Å². The van der Waals surface area contributed by atoms with Crippen molar-refractivity contribution in [1.29, 1.82) is 0 Å². The first kappa shape index (κ1) is 16.9. The van der Waals surface area contributed by atoms with Crippen molar-refractivity contribution in [2.75, 3.05) is 23.9 Å². The number of carbonyl (C=O) groups is 2. The SMILES string of the molecule is COc1ccc(N2CC(C(=O)Nc3ccc4oc(=O)[nH]c4c3)CC2=O)cc1. The number of methoxy groups -OCH3 is 1. The van der Waals surface area contributed by atoms with Gasteiger partial charge >= 0.3 is 5.76 Å². The van der Waals surface area contributed by atoms with Gasteiger partial charge in [-0.2, -0.15) is 0 Å². The Balaban J connectivity index is 1.47. The van der Waals surface area contributed by atoms with Crippen molar-refractivity contribution in [1.82, 2.24) is 4.98 Å². The van der Waals surface area contributed by atoms with E-state index in [9.17, 15) is 14.4 Å². The number of hydrogen-bond donors (Lipinski definition) is 2. The van der Waals surface area contributed by atoms with Crippen LogP contribution in [0.15, 0.2) is 51.7 Å². The minimum absolute atomic E-state index is 0.102. The number of oxazole rings is 1. The summed E-state index contributed by atoms with van der Waals surface area (Å²) in [5.74, 6) is -0.657. The molecule has 1 saturated heterocycles. The average molecular weight is 367 g/mol. The molecule has 27 heavy (non-hydrogen) atoms. The van der Waals surface area contributed by atoms with Gasteiger partial charge in [0.2, 0.25) is 11.8 Å². The van der Waals surface area contributed by atoms with Crippen molar-refractivity contribution >= 4 is 34.3 Å². The van der Waals surface area contributed by atoms with Crippen LogP contribution >= 0.6 is 0 Å². The van der Waals surface area contributed by atoms with E-state index in [0.717, 1.165) is 5.69 Å². The van der Waals surface area contributed by atoms with Crippen molar-refractivity contribution in [2.45, 2.75) is 6.42 Å². The quantitative estimate of drug-likeness (QED) is 0.735. The third kappa shape index (κ3) is 3.29. The number of amides is 2. The highest BCUT2D eigenvalue weighted by Gasteiger charge is 2.35. The van der Waals surface area contributed by atoms with Crippen LogP contribution in [0.2, 0.25) is 0 Å². The molecular formula is C19H17N3O5. The van der Waals surface area contributed by atoms with E-state index in [1.807, 2.05) is 0 Å². The van der Waals surface area contributed by atoms with Crippen LogP contribution in [-0.2, 0) is 9.59 Å². The Morgan fingerprint density at radius 1 is 1.22 bits per heavy atom. The molecular weight excluding hydrogens is 350 g/mol. The van der Waals surface area contributed by atoms with Gasteiger partial charge in [0, 0.05) is 24.3 Å². The van der Waals surface area contributed by atoms with Gasteiger partial charge in [0.25, 0.3) is 0 Å². The number of aromatic amines is 1. The number of hydrogen-bond acceptors (Lipinski definition) is 5. The third-order valence-corrected chi connectivity index (χ3v) is 4.57. The molecule has 8 heteroatoms. The second-order valence-electron chi connectivity index (χ2n) is 6.32. The summed E-state index contributed by atoms with van der Waals surface area (Å²) in [6.45, 7) is 0.307. The van der Waals surface area contributed by atoms with E-state index in [4.69, 9.17) is 9.15 Å². The number of H-pyrrole nitrogens is 1. The van der Waals surface area contributed by atoms with E-state index in [1.54, 1.807) is 54.5 Å². The van der Waals surface area contributed by atoms with Crippen LogP contribution in [0.1, 0.15) is 6.42 Å². The van der Waals surface area contributed by atoms with Crippen molar-refractivity contribution < 1.29 is 18.7 Å². The number of fused-ring (bicyclic) bond motifs is 1. The molecule has 2 amide bonds. The fraction of sp³-hybridized carbons (Fsp3) is 0.211. The topological polar surface area (TPSA) is 105 Å². The molecule has 1 aliphatic rings. The summed E-state index contributed by atoms with van der Waals surface area (Å²) in [4.78, 5) is 40.3. The molecule has 8 nitrogen and oxygen atoms in total. The molecule has 3 aromatic rings. The summed E-state index contributed by atoms with van der Waals surface area (Å²) in [5.41, 5.74) is 2.17. The fourth-order valence-electron chi connectivity index (χ4n) is 3.17. The van der Waals surface area contributed by atoms with Crippen molar-refractivity contribution in [2.24, 2.45) is 5.92 Å². The third-order valence-electron chi connectivity index (χ3n) is 4.57. The number of nitrogens with zero attached hydrogens (tertiary/aromatic N) is 1. The molecule has 2 N–H and O–H groups in total. The number of anilines is 2. The lowest BCUT2D eigenvalue weighted by atomic mass is 10.1. The summed E-state index contributed by atoms with van der Waals surface area (Å²) in [7, 11) is 1.58. The van der Waals surface area contributed by atoms with Gasteiger partial charge in [-0.05, 0) is 42.5 Å². The van der Waals surface area contributed by atoms with Crippen molar-refractivity contribution in [3.8, 4) is 5.75 Å². The lowest BCUT2D eigenvalue weighted by Crippen LogP contribution is -2.28. The van der Waals surface area contributed by atoms with Gasteiger partial charge in [0.15, 0.2) is 5.58 Å². The first-order valence-corrected chi connectivity index (χ1v) is 8.41. The van der Waals surface area contributed by atoms with Gasteiger partial charge in [-0.1, -0.05) is 0 Å². The largest absolute Gasteiger partial charge is 0.497 e. The first-order valence-electron chi connectivity index (χ1n) is 8.41. The van der Waals surface area contributed by atoms with Crippen LogP contribution in [0, 0.1) is 5.92 Å². The molecule has 1 atom stereocenters. The Bertz CT molecular complexity index is 1070. The lowest BCUT2D eigenvalue weighted by molar-refractivity contribution is -0.122. The summed E-state index contributed by atoms with van der Waals surface area (Å²) in [6, 6.07) is 12.0. The molecule has 1 fully saturated rings. The predicted octanol–water partition coefficient (Wildman–Crippen LogP) is 2.12. The maximum Gasteiger partial charge on any atom is 0.417 e. The number of ether oxygens (including phenoxy) is 1. The van der Waals surface area contributed by atoms with E-state index in [0.29, 0.717) is 29.1 Å². The second-order valence-corrected chi connectivity index (χ2v) is 6.32. The van der Waals surface area contributed by atoms with Crippen molar-refractivity contribution in [3.63, 3.8) is 0 Å². The predicted molar refractivity (Wildman–Crippen MR) is 98.9 cm³/mol. The highest BCUT2D eigenvalue weighted by Crippen LogP contribution is 2.28. The summed E-state index contributed by atoms with van der Waals surface area (Å²) in [5, 5.41) is 2.79. The van der Waals surface area contributed by atoms with Gasteiger partial charge in [-0.25, -0.2) is 4.79 Å². The van der Waals surface area contributed by atoms with Crippen LogP contribution in [0.5, 0.6) is 5.75 Å². The maximum absolute atomic E-state index is 12.6. The minimum Gasteiger partial charge on any atom is -0.497 e. The van der Waals surface area contributed by atoms with Crippen molar-refractivity contribution in [3.05, 3.63) is 53.0 Å². The van der Waals surface area contributed by atoms with E-state index in [1.165, 1.54) is 0 Å². The average Bonchev–Trinajstić information content (AvgIpc) is 3.23. The molecule has 2 heterocycles. The van der Waals surface area contributed by atoms with Crippen LogP contribution in [0.3, 0.4) is 0 Å². The molecule has 1 unspecified atom stereocenters. The normalized spacial score (nSPS) is 16.7. The molecule has 0 saturated carbocycles. The second kappa shape index (κ2) is 6.64. The Morgan fingerprint density at radius 2 is 2.00 bits per heavy atom. The van der Waals surface area contributed by atoms with E-state index < -0.39 is 11.7 Å². The Kier molecular flexibility index (Phi) is 4.15. The summed E-state index contributed by atoms with van der Waals surface area (Å²) in [6.07, 6.45) is 0.142. The molecule has 0 radical (unpaired) electrons. The molecule has 0 bridgehead atoms. The Morgan fingerprint density at radius 3 is 2.74 bits per heavy atom. The van der Waals surface area contributed by atoms with Gasteiger partial charge in [-0.15, -0.1) is 0 Å². The highest BCUT2D eigenvalue weighted by atomic mass is 16.5. The molecule has 1 aromatic heterocycles. The van der Waals surface area contributed by atoms with Crippen LogP contribution in [-0.4, -0.2) is 30.5 Å². The van der Waals surface area contributed by atoms with Gasteiger partial charge in [0.05, 0.1) is 18.5 Å². The molecule has 1 aliphatic heterocycles. The number of benzene rings is 2. The lowest BCUT2D eigenvalue weighted by Gasteiger charge is -2.17. The molecule has 4 rings (SSSR count). The number of aromatic nitrogens is 1. The maximum atomic E-state index is 12.6. The van der Waals surface area contributed by atoms with Crippen LogP contribution in [0.25, 0.3) is 11.1 Å².